The van der Waals surface area contributed by atoms with Crippen molar-refractivity contribution in [1.29, 1.82) is 0 Å². The summed E-state index contributed by atoms with van der Waals surface area (Å²) < 4.78 is 5.70. The Hall–Kier alpha value is -2.82. The molecule has 0 heterocycles. The second-order valence-corrected chi connectivity index (χ2v) is 7.29. The van der Waals surface area contributed by atoms with Gasteiger partial charge in [0.25, 0.3) is 5.91 Å². The second kappa shape index (κ2) is 11.2. The fourth-order valence-electron chi connectivity index (χ4n) is 2.88. The quantitative estimate of drug-likeness (QED) is 0.661. The van der Waals surface area contributed by atoms with Crippen LogP contribution in [0.3, 0.4) is 0 Å². The summed E-state index contributed by atoms with van der Waals surface area (Å²) in [6.07, 6.45) is 1.79. The number of benzene rings is 2. The van der Waals surface area contributed by atoms with E-state index in [0.717, 1.165) is 18.4 Å². The van der Waals surface area contributed by atoms with Crippen LogP contribution in [0.1, 0.15) is 45.2 Å². The third-order valence-corrected chi connectivity index (χ3v) is 5.06. The summed E-state index contributed by atoms with van der Waals surface area (Å²) in [4.78, 5) is 27.2. The maximum Gasteiger partial charge on any atom is 0.261 e. The zero-order valence-corrected chi connectivity index (χ0v) is 17.9. The highest BCUT2D eigenvalue weighted by Gasteiger charge is 2.27. The van der Waals surface area contributed by atoms with E-state index >= 15 is 0 Å². The van der Waals surface area contributed by atoms with Gasteiger partial charge in [-0.2, -0.15) is 0 Å². The minimum atomic E-state index is -0.595. The number of carbonyl (C=O) groups is 2. The number of amides is 2. The second-order valence-electron chi connectivity index (χ2n) is 7.29. The van der Waals surface area contributed by atoms with Crippen LogP contribution in [0.5, 0.6) is 5.75 Å². The third kappa shape index (κ3) is 6.93. The molecular weight excluding hydrogens is 364 g/mol. The zero-order valence-electron chi connectivity index (χ0n) is 17.9. The van der Waals surface area contributed by atoms with Crippen LogP contribution in [-0.2, 0) is 22.6 Å². The number of aryl methyl sites for hydroxylation is 1. The molecule has 0 aliphatic heterocycles. The van der Waals surface area contributed by atoms with E-state index in [2.05, 4.69) is 12.2 Å². The molecule has 2 atom stereocenters. The largest absolute Gasteiger partial charge is 0.484 e. The maximum atomic E-state index is 13.0. The van der Waals surface area contributed by atoms with E-state index in [-0.39, 0.29) is 24.5 Å². The Morgan fingerprint density at radius 1 is 0.966 bits per heavy atom. The summed E-state index contributed by atoms with van der Waals surface area (Å²) in [6.45, 7) is 8.06. The molecule has 5 heteroatoms. The standard InChI is InChI=1S/C24H32N2O3/c1-5-18(3)25-24(28)19(4)26(16-21-10-8-7-9-11-21)23(27)17-29-22-14-12-20(6-2)13-15-22/h7-15,18-19H,5-6,16-17H2,1-4H3,(H,25,28)/t18-,19+/m0/s1. The van der Waals surface area contributed by atoms with Gasteiger partial charge >= 0.3 is 0 Å². The fourth-order valence-corrected chi connectivity index (χ4v) is 2.88. The first-order valence-corrected chi connectivity index (χ1v) is 10.3. The smallest absolute Gasteiger partial charge is 0.261 e. The highest BCUT2D eigenvalue weighted by molar-refractivity contribution is 5.88. The van der Waals surface area contributed by atoms with Gasteiger partial charge in [0.1, 0.15) is 11.8 Å². The SMILES string of the molecule is CCc1ccc(OCC(=O)N(Cc2ccccc2)[C@H](C)C(=O)N[C@@H](C)CC)cc1. The molecule has 0 radical (unpaired) electrons. The lowest BCUT2D eigenvalue weighted by Gasteiger charge is -2.29. The third-order valence-electron chi connectivity index (χ3n) is 5.06. The highest BCUT2D eigenvalue weighted by Crippen LogP contribution is 2.14. The number of ether oxygens (including phenoxy) is 1. The first-order chi connectivity index (χ1) is 13.9. The van der Waals surface area contributed by atoms with Crippen LogP contribution in [0.4, 0.5) is 0 Å². The molecule has 0 spiro atoms. The first-order valence-electron chi connectivity index (χ1n) is 10.3. The number of hydrogen-bond acceptors (Lipinski definition) is 3. The molecule has 0 aliphatic carbocycles. The van der Waals surface area contributed by atoms with Crippen LogP contribution in [0.15, 0.2) is 54.6 Å². The van der Waals surface area contributed by atoms with E-state index < -0.39 is 6.04 Å². The monoisotopic (exact) mass is 396 g/mol. The van der Waals surface area contributed by atoms with E-state index in [4.69, 9.17) is 4.74 Å². The van der Waals surface area contributed by atoms with Crippen LogP contribution < -0.4 is 10.1 Å². The van der Waals surface area contributed by atoms with Gasteiger partial charge in [-0.1, -0.05) is 56.3 Å². The molecule has 0 bridgehead atoms. The Balaban J connectivity index is 2.09. The number of nitrogens with one attached hydrogen (secondary N) is 1. The van der Waals surface area contributed by atoms with Crippen LogP contribution in [0.25, 0.3) is 0 Å². The summed E-state index contributed by atoms with van der Waals surface area (Å²) in [7, 11) is 0. The summed E-state index contributed by atoms with van der Waals surface area (Å²) in [6, 6.07) is 16.9. The van der Waals surface area contributed by atoms with Crippen molar-refractivity contribution < 1.29 is 14.3 Å². The Morgan fingerprint density at radius 2 is 1.62 bits per heavy atom. The van der Waals surface area contributed by atoms with Crippen molar-refractivity contribution in [1.82, 2.24) is 10.2 Å². The number of carbonyl (C=O) groups excluding carboxylic acids is 2. The van der Waals surface area contributed by atoms with Gasteiger partial charge in [0.15, 0.2) is 6.61 Å². The highest BCUT2D eigenvalue weighted by atomic mass is 16.5. The molecule has 2 aromatic carbocycles. The van der Waals surface area contributed by atoms with Gasteiger partial charge in [0.05, 0.1) is 0 Å². The van der Waals surface area contributed by atoms with Crippen molar-refractivity contribution in [3.8, 4) is 5.75 Å². The average Bonchev–Trinajstić information content (AvgIpc) is 2.76. The Labute approximate surface area is 174 Å². The lowest BCUT2D eigenvalue weighted by atomic mass is 10.1. The summed E-state index contributed by atoms with van der Waals surface area (Å²) >= 11 is 0. The van der Waals surface area contributed by atoms with E-state index in [1.165, 1.54) is 5.56 Å². The molecule has 29 heavy (non-hydrogen) atoms. The molecule has 0 fully saturated rings. The number of rotatable bonds is 10. The lowest BCUT2D eigenvalue weighted by Crippen LogP contribution is -2.50. The Morgan fingerprint density at radius 3 is 2.21 bits per heavy atom. The van der Waals surface area contributed by atoms with Gasteiger partial charge < -0.3 is 15.0 Å². The molecule has 1 N–H and O–H groups in total. The van der Waals surface area contributed by atoms with Crippen molar-refractivity contribution in [2.75, 3.05) is 6.61 Å². The van der Waals surface area contributed by atoms with Crippen LogP contribution in [0, 0.1) is 0 Å². The van der Waals surface area contributed by atoms with E-state index in [9.17, 15) is 9.59 Å². The molecule has 5 nitrogen and oxygen atoms in total. The van der Waals surface area contributed by atoms with E-state index in [0.29, 0.717) is 12.3 Å². The zero-order chi connectivity index (χ0) is 21.2. The minimum absolute atomic E-state index is 0.0620. The summed E-state index contributed by atoms with van der Waals surface area (Å²) in [5, 5.41) is 2.96. The average molecular weight is 397 g/mol. The van der Waals surface area contributed by atoms with Gasteiger partial charge in [-0.3, -0.25) is 9.59 Å². The molecular formula is C24H32N2O3. The summed E-state index contributed by atoms with van der Waals surface area (Å²) in [5.74, 6) is 0.267. The van der Waals surface area contributed by atoms with Crippen molar-refractivity contribution in [3.05, 3.63) is 65.7 Å². The molecule has 156 valence electrons. The molecule has 0 aliphatic rings. The van der Waals surface area contributed by atoms with E-state index in [1.807, 2.05) is 68.4 Å². The molecule has 0 saturated heterocycles. The fraction of sp³-hybridized carbons (Fsp3) is 0.417. The van der Waals surface area contributed by atoms with Crippen molar-refractivity contribution in [2.24, 2.45) is 0 Å². The number of nitrogens with zero attached hydrogens (tertiary/aromatic N) is 1. The molecule has 2 rings (SSSR count). The molecule has 0 aromatic heterocycles. The van der Waals surface area contributed by atoms with Crippen molar-refractivity contribution in [2.45, 2.75) is 59.2 Å². The van der Waals surface area contributed by atoms with Gasteiger partial charge in [0, 0.05) is 12.6 Å². The van der Waals surface area contributed by atoms with Crippen LogP contribution in [-0.4, -0.2) is 35.4 Å². The van der Waals surface area contributed by atoms with Gasteiger partial charge in [-0.05, 0) is 49.9 Å². The normalized spacial score (nSPS) is 12.7. The van der Waals surface area contributed by atoms with Gasteiger partial charge in [0.2, 0.25) is 5.91 Å². The summed E-state index contributed by atoms with van der Waals surface area (Å²) in [5.41, 5.74) is 2.18. The minimum Gasteiger partial charge on any atom is -0.484 e. The van der Waals surface area contributed by atoms with Crippen LogP contribution in [0.2, 0.25) is 0 Å². The Bertz CT molecular complexity index is 774. The Kier molecular flexibility index (Phi) is 8.71. The lowest BCUT2D eigenvalue weighted by molar-refractivity contribution is -0.142. The van der Waals surface area contributed by atoms with Crippen molar-refractivity contribution >= 4 is 11.8 Å². The predicted octanol–water partition coefficient (Wildman–Crippen LogP) is 3.96. The molecule has 0 unspecified atom stereocenters. The molecule has 0 saturated carbocycles. The topological polar surface area (TPSA) is 58.6 Å². The van der Waals surface area contributed by atoms with E-state index in [1.54, 1.807) is 11.8 Å². The van der Waals surface area contributed by atoms with Gasteiger partial charge in [-0.15, -0.1) is 0 Å². The molecule has 2 aromatic rings. The predicted molar refractivity (Wildman–Crippen MR) is 116 cm³/mol. The van der Waals surface area contributed by atoms with Crippen LogP contribution >= 0.6 is 0 Å². The first kappa shape index (κ1) is 22.5. The van der Waals surface area contributed by atoms with Gasteiger partial charge in [-0.25, -0.2) is 0 Å². The maximum absolute atomic E-state index is 13.0. The van der Waals surface area contributed by atoms with Crippen molar-refractivity contribution in [3.63, 3.8) is 0 Å². The molecule has 2 amide bonds. The number of hydrogen-bond donors (Lipinski definition) is 1.